The zero-order chi connectivity index (χ0) is 91.1. The van der Waals surface area contributed by atoms with Gasteiger partial charge in [-0.25, -0.2) is 0 Å². The maximum atomic E-state index is 6.73. The molecule has 1 fully saturated rings. The van der Waals surface area contributed by atoms with Crippen LogP contribution < -0.4 is 59.2 Å². The summed E-state index contributed by atoms with van der Waals surface area (Å²) in [5.74, 6) is 9.02. The number of hydrogen-bond acceptors (Lipinski definition) is 10. The number of allylic oxidation sites excluding steroid dienone is 5. The van der Waals surface area contributed by atoms with Crippen LogP contribution in [0.3, 0.4) is 0 Å². The van der Waals surface area contributed by atoms with Crippen LogP contribution >= 0.6 is 0 Å². The van der Waals surface area contributed by atoms with Gasteiger partial charge in [-0.1, -0.05) is 172 Å². The van der Waals surface area contributed by atoms with Crippen molar-refractivity contribution in [3.63, 3.8) is 0 Å². The van der Waals surface area contributed by atoms with E-state index in [1.54, 1.807) is 0 Å². The Labute approximate surface area is 798 Å². The predicted molar refractivity (Wildman–Crippen MR) is 526 cm³/mol. The molecule has 0 aliphatic carbocycles. The maximum Gasteiger partial charge on any atom is 0.716 e. The fourth-order valence-electron chi connectivity index (χ4n) is 25.4. The summed E-state index contributed by atoms with van der Waals surface area (Å²) in [6.45, 7) is 1.75. The fraction of sp³-hybridized carbons (Fsp3) is 0.0598. The van der Waals surface area contributed by atoms with Gasteiger partial charge in [-0.05, 0) is 194 Å². The highest BCUT2D eigenvalue weighted by molar-refractivity contribution is 6.21. The fourth-order valence-corrected chi connectivity index (χ4v) is 25.4. The van der Waals surface area contributed by atoms with Crippen LogP contribution in [-0.2, 0) is 17.9 Å². The summed E-state index contributed by atoms with van der Waals surface area (Å²) in [5.41, 5.74) is 26.6. The van der Waals surface area contributed by atoms with Gasteiger partial charge < -0.3 is 28.4 Å². The molecule has 18 aromatic rings. The molecule has 1 unspecified atom stereocenters. The minimum Gasteiger partial charge on any atom is -0.341 e. The Kier molecular flexibility index (Phi) is 13.1. The molecule has 0 saturated carbocycles. The van der Waals surface area contributed by atoms with Crippen molar-refractivity contribution in [2.75, 3.05) is 13.1 Å². The van der Waals surface area contributed by atoms with Crippen LogP contribution in [0.5, 0.6) is 34.5 Å². The number of ether oxygens (including phenoxy) is 6. The van der Waals surface area contributed by atoms with Crippen LogP contribution in [0.1, 0.15) is 55.9 Å². The molecule has 24 nitrogen and oxygen atoms in total. The molecule has 12 aromatic carbocycles. The third-order valence-electron chi connectivity index (χ3n) is 31.0. The second-order valence-corrected chi connectivity index (χ2v) is 38.0. The van der Waals surface area contributed by atoms with Crippen LogP contribution in [0, 0.1) is 0 Å². The lowest BCUT2D eigenvalue weighted by atomic mass is 10.0. The van der Waals surface area contributed by atoms with Crippen LogP contribution in [0.2, 0.25) is 0 Å². The van der Waals surface area contributed by atoms with Gasteiger partial charge in [-0.15, -0.1) is 9.15 Å². The predicted octanol–water partition coefficient (Wildman–Crippen LogP) is 13.7. The van der Waals surface area contributed by atoms with Crippen LogP contribution in [0.15, 0.2) is 389 Å². The van der Waals surface area contributed by atoms with Crippen LogP contribution in [0.4, 0.5) is 23.0 Å². The Bertz CT molecular complexity index is 9690. The van der Waals surface area contributed by atoms with Crippen molar-refractivity contribution < 1.29 is 74.2 Å². The molecule has 0 N–H and O–H groups in total. The van der Waals surface area contributed by atoms with Gasteiger partial charge >= 0.3 is 29.9 Å². The van der Waals surface area contributed by atoms with Crippen molar-refractivity contribution >= 4 is 144 Å². The zero-order valence-corrected chi connectivity index (χ0v) is 74.5. The zero-order valence-electron chi connectivity index (χ0n) is 74.5. The number of rotatable bonds is 0. The van der Waals surface area contributed by atoms with Gasteiger partial charge in [0.05, 0.1) is 94.6 Å². The molecular weight excluding hydrogens is 1750 g/mol. The Morgan fingerprint density at radius 2 is 0.667 bits per heavy atom. The van der Waals surface area contributed by atoms with Crippen molar-refractivity contribution in [2.24, 2.45) is 20.0 Å². The first-order chi connectivity index (χ1) is 69.8. The summed E-state index contributed by atoms with van der Waals surface area (Å²) in [5, 5.41) is 9.19. The van der Waals surface area contributed by atoms with Crippen LogP contribution in [0.25, 0.3) is 84.1 Å². The van der Waals surface area contributed by atoms with E-state index in [4.69, 9.17) is 48.4 Å². The lowest BCUT2D eigenvalue weighted by Crippen LogP contribution is -2.79. The van der Waals surface area contributed by atoms with E-state index in [1.807, 2.05) is 121 Å². The molecule has 0 bridgehead atoms. The highest BCUT2D eigenvalue weighted by atomic mass is 16.8. The van der Waals surface area contributed by atoms with Crippen molar-refractivity contribution in [1.29, 1.82) is 0 Å². The summed E-state index contributed by atoms with van der Waals surface area (Å²) in [6.07, 6.45) is 26.6. The van der Waals surface area contributed by atoms with E-state index in [-0.39, 0.29) is 0 Å². The molecule has 27 heterocycles. The smallest absolute Gasteiger partial charge is 0.341 e. The van der Waals surface area contributed by atoms with Gasteiger partial charge in [0.2, 0.25) is 69.9 Å². The SMILES string of the molecule is C1=CC2=[N+]3C1=Cc1ccc4n1C31n3c(ccc3=C4)=CC3=[N+]1C(=C2)C=C3.C1=[N+]2CC[N+]3=Cc4ccccc4OC23Oc2ccccc21.C1=[N+]2c3ccccc3[N+]3=Cc4ccccc4OC23Oc2ccccc21.c1ccc2c(c1)C1=Nc3c4ccccc4c4n3C35n6c(c7ccccc7c6=NC6=[N+]3C(=N4)c3ccccc36)=NC2=[N+]15.c1ccc2c(c1)OC13Oc4ccccc4-c4ccc5ccc6ccc-2[n+]1c6c5[n+]43. The Morgan fingerprint density at radius 3 is 1.18 bits per heavy atom. The second-order valence-electron chi connectivity index (χ2n) is 38.0. The summed E-state index contributed by atoms with van der Waals surface area (Å²) < 4.78 is 71.0. The maximum absolute atomic E-state index is 6.73. The van der Waals surface area contributed by atoms with E-state index in [1.165, 1.54) is 55.7 Å². The molecule has 654 valence electrons. The minimum absolute atomic E-state index is 0.433. The average Bonchev–Trinajstić information content (AvgIpc) is 1.46. The number of hydrogen-bond donors (Lipinski definition) is 0. The van der Waals surface area contributed by atoms with Crippen molar-refractivity contribution in [3.05, 3.63) is 447 Å². The number of benzene rings is 12. The molecule has 5 spiro atoms. The number of nitrogens with zero attached hydrogens (tertiary/aromatic N) is 18. The molecule has 1 atom stereocenters. The average molecular weight is 1820 g/mol. The quantitative estimate of drug-likeness (QED) is 0.109. The summed E-state index contributed by atoms with van der Waals surface area (Å²) in [4.78, 5) is 21.7. The number of fused-ring (bicyclic) bond motifs is 23. The van der Waals surface area contributed by atoms with E-state index in [0.29, 0.717) is 0 Å². The van der Waals surface area contributed by atoms with E-state index in [2.05, 4.69) is 344 Å². The first kappa shape index (κ1) is 73.3. The minimum atomic E-state index is -1.10. The molecule has 0 radical (unpaired) electrons. The van der Waals surface area contributed by atoms with Crippen molar-refractivity contribution in [1.82, 2.24) is 18.3 Å². The largest absolute Gasteiger partial charge is 0.716 e. The Morgan fingerprint density at radius 1 is 0.277 bits per heavy atom. The van der Waals surface area contributed by atoms with Gasteiger partial charge in [0.15, 0.2) is 59.4 Å². The van der Waals surface area contributed by atoms with Gasteiger partial charge in [0.25, 0.3) is 45.8 Å². The highest BCUT2D eigenvalue weighted by Gasteiger charge is 2.77. The lowest BCUT2D eigenvalue weighted by Gasteiger charge is -2.40. The highest BCUT2D eigenvalue weighted by Crippen LogP contribution is 2.56. The first-order valence-electron chi connectivity index (χ1n) is 47.6. The normalized spacial score (nSPS) is 19.4. The molecule has 6 aromatic heterocycles. The number of aromatic nitrogens is 6. The Hall–Kier alpha value is -19.1. The first-order valence-corrected chi connectivity index (χ1v) is 47.6. The second kappa shape index (κ2) is 25.1. The molecular formula is C117H70N18O6+10. The summed E-state index contributed by atoms with van der Waals surface area (Å²) >= 11 is 0. The van der Waals surface area contributed by atoms with Gasteiger partial charge in [-0.2, -0.15) is 18.3 Å². The number of amidine groups is 4. The van der Waals surface area contributed by atoms with Gasteiger partial charge in [0.1, 0.15) is 0 Å². The third kappa shape index (κ3) is 8.67. The van der Waals surface area contributed by atoms with E-state index in [9.17, 15) is 0 Å². The van der Waals surface area contributed by atoms with Crippen molar-refractivity contribution in [2.45, 2.75) is 29.9 Å². The van der Waals surface area contributed by atoms with E-state index < -0.39 is 29.9 Å². The molecule has 141 heavy (non-hydrogen) atoms. The van der Waals surface area contributed by atoms with Gasteiger partial charge in [0, 0.05) is 82.3 Å². The lowest BCUT2D eigenvalue weighted by molar-refractivity contribution is -1.03. The van der Waals surface area contributed by atoms with Gasteiger partial charge in [-0.3, -0.25) is 0 Å². The van der Waals surface area contributed by atoms with Crippen LogP contribution in [-0.4, -0.2) is 140 Å². The molecule has 21 aliphatic rings. The topological polar surface area (TPSA) is 156 Å². The summed E-state index contributed by atoms with van der Waals surface area (Å²) in [6, 6.07) is 110. The molecule has 21 aliphatic heterocycles. The summed E-state index contributed by atoms with van der Waals surface area (Å²) in [7, 11) is 0. The molecule has 39 rings (SSSR count). The third-order valence-corrected chi connectivity index (χ3v) is 31.0. The van der Waals surface area contributed by atoms with E-state index in [0.717, 1.165) is 205 Å². The molecule has 1 saturated heterocycles. The number of para-hydroxylation sites is 8. The standard InChI is InChI=1S/C33H16N8.C25H14N2O2.C21H12N4.C21H14N2O2.C17H14N2O2/c1-2-10-18-17(9-1)25-34-27-19-11-3-4-12-20(19)29-36-31-23-15-7-8-16-24(23)32-37-30-22-14-6-5-13-21(22)28-35-26(18)38(25)33(39(27)29,40(28)30)41(31)32;1-3-7-21-17(5-1)19-13-11-15-9-10-16-12-14-20-18-6-2-4-8-22(18)29-25(28-21)26(19)23(15)24(16)27(20)25;1-2-14-10-16-5-6-18-12-20-8-7-19-11-17-4-3-15-9-13(1)22(14)21(23(15)17,24(16)18)25(19)20;1-5-11-19-15(7-1)13-22-17-9-3-4-10-18(17)23-14-16-8-2-6-12-20(16)25-21(22,23)24-19;1-3-7-15-13(5-1)11-18-9-10-19-12-14-6-2-4-8-16(14)21-17(18,19)20-15/h1-16H;1-14H;1-12H;1-14H;1-8,11-12H,9-10H2/q5*+2. The number of aliphatic imine (C=N–C) groups is 2. The monoisotopic (exact) mass is 1820 g/mol. The number of pyridine rings is 2. The van der Waals surface area contributed by atoms with Crippen molar-refractivity contribution in [3.8, 4) is 57.0 Å². The molecule has 0 amide bonds. The van der Waals surface area contributed by atoms with E-state index >= 15 is 0 Å². The molecule has 24 heteroatoms. The Balaban J connectivity index is 0.0000000770.